The van der Waals surface area contributed by atoms with Crippen LogP contribution in [0.15, 0.2) is 48.5 Å². The van der Waals surface area contributed by atoms with E-state index in [-0.39, 0.29) is 23.8 Å². The third-order valence-electron chi connectivity index (χ3n) is 4.35. The van der Waals surface area contributed by atoms with E-state index in [9.17, 15) is 9.59 Å². The monoisotopic (exact) mass is 378 g/mol. The quantitative estimate of drug-likeness (QED) is 0.689. The lowest BCUT2D eigenvalue weighted by Crippen LogP contribution is -2.22. The maximum absolute atomic E-state index is 12.4. The molecule has 3 N–H and O–H groups in total. The number of primary amides is 1. The Balaban J connectivity index is 1.73. The van der Waals surface area contributed by atoms with E-state index in [0.717, 1.165) is 16.9 Å². The molecule has 0 bridgehead atoms. The Morgan fingerprint density at radius 1 is 1.07 bits per heavy atom. The lowest BCUT2D eigenvalue weighted by molar-refractivity contribution is -0.118. The van der Waals surface area contributed by atoms with Crippen LogP contribution in [-0.2, 0) is 4.79 Å². The third kappa shape index (κ3) is 4.03. The number of aryl methyl sites for hydroxylation is 2. The zero-order valence-electron chi connectivity index (χ0n) is 16.0. The van der Waals surface area contributed by atoms with Gasteiger partial charge in [-0.15, -0.1) is 0 Å². The van der Waals surface area contributed by atoms with Crippen molar-refractivity contribution < 1.29 is 14.3 Å². The van der Waals surface area contributed by atoms with E-state index < -0.39 is 5.91 Å². The molecule has 0 aliphatic rings. The molecule has 3 rings (SSSR count). The summed E-state index contributed by atoms with van der Waals surface area (Å²) in [7, 11) is 0. The van der Waals surface area contributed by atoms with Gasteiger partial charge in [-0.25, -0.2) is 4.68 Å². The number of rotatable bonds is 6. The average molecular weight is 378 g/mol. The van der Waals surface area contributed by atoms with Gasteiger partial charge < -0.3 is 15.8 Å². The van der Waals surface area contributed by atoms with Crippen LogP contribution in [0.1, 0.15) is 27.3 Å². The van der Waals surface area contributed by atoms with E-state index in [4.69, 9.17) is 10.5 Å². The third-order valence-corrected chi connectivity index (χ3v) is 4.35. The first kappa shape index (κ1) is 19.2. The standard InChI is InChI=1S/C21H22N4O3/c1-13-8-10-16(11-9-13)25-15(3)20(14(2)24-25)23-19(26)12-28-18-7-5-4-6-17(18)21(22)27/h4-11H,12H2,1-3H3,(H2,22,27)(H,23,26). The smallest absolute Gasteiger partial charge is 0.262 e. The molecule has 0 saturated carbocycles. The van der Waals surface area contributed by atoms with Crippen LogP contribution in [-0.4, -0.2) is 28.2 Å². The molecule has 0 unspecified atom stereocenters. The van der Waals surface area contributed by atoms with Crippen LogP contribution in [0.5, 0.6) is 5.75 Å². The molecule has 7 nitrogen and oxygen atoms in total. The summed E-state index contributed by atoms with van der Waals surface area (Å²) in [5.74, 6) is -0.690. The van der Waals surface area contributed by atoms with E-state index in [2.05, 4.69) is 10.4 Å². The predicted octanol–water partition coefficient (Wildman–Crippen LogP) is 2.91. The molecule has 144 valence electrons. The van der Waals surface area contributed by atoms with Crippen LogP contribution in [0.3, 0.4) is 0 Å². The molecule has 1 aromatic heterocycles. The fraction of sp³-hybridized carbons (Fsp3) is 0.190. The molecule has 0 spiro atoms. The van der Waals surface area contributed by atoms with E-state index in [1.165, 1.54) is 0 Å². The lowest BCUT2D eigenvalue weighted by atomic mass is 10.2. The van der Waals surface area contributed by atoms with Crippen molar-refractivity contribution in [2.24, 2.45) is 5.73 Å². The highest BCUT2D eigenvalue weighted by atomic mass is 16.5. The van der Waals surface area contributed by atoms with Crippen LogP contribution in [0.2, 0.25) is 0 Å². The van der Waals surface area contributed by atoms with Gasteiger partial charge >= 0.3 is 0 Å². The zero-order valence-corrected chi connectivity index (χ0v) is 16.0. The van der Waals surface area contributed by atoms with Gasteiger partial charge in [0.25, 0.3) is 11.8 Å². The molecular formula is C21H22N4O3. The molecule has 1 heterocycles. The van der Waals surface area contributed by atoms with Crippen molar-refractivity contribution in [3.63, 3.8) is 0 Å². The first-order valence-corrected chi connectivity index (χ1v) is 8.81. The summed E-state index contributed by atoms with van der Waals surface area (Å²) in [6.07, 6.45) is 0. The maximum atomic E-state index is 12.4. The Hall–Kier alpha value is -3.61. The normalized spacial score (nSPS) is 10.5. The van der Waals surface area contributed by atoms with Crippen molar-refractivity contribution >= 4 is 17.5 Å². The molecular weight excluding hydrogens is 356 g/mol. The van der Waals surface area contributed by atoms with Crippen LogP contribution in [0.4, 0.5) is 5.69 Å². The fourth-order valence-corrected chi connectivity index (χ4v) is 2.88. The Bertz CT molecular complexity index is 1020. The summed E-state index contributed by atoms with van der Waals surface area (Å²) in [4.78, 5) is 23.8. The summed E-state index contributed by atoms with van der Waals surface area (Å²) in [6, 6.07) is 14.5. The summed E-state index contributed by atoms with van der Waals surface area (Å²) in [6.45, 7) is 5.49. The van der Waals surface area contributed by atoms with Crippen LogP contribution >= 0.6 is 0 Å². The number of hydrogen-bond acceptors (Lipinski definition) is 4. The zero-order chi connectivity index (χ0) is 20.3. The number of nitrogens with zero attached hydrogens (tertiary/aromatic N) is 2. The van der Waals surface area contributed by atoms with Crippen molar-refractivity contribution in [1.29, 1.82) is 0 Å². The Morgan fingerprint density at radius 2 is 1.75 bits per heavy atom. The summed E-state index contributed by atoms with van der Waals surface area (Å²) < 4.78 is 7.26. The van der Waals surface area contributed by atoms with Gasteiger partial charge in [0.15, 0.2) is 6.61 Å². The highest BCUT2D eigenvalue weighted by Gasteiger charge is 2.16. The van der Waals surface area contributed by atoms with E-state index in [1.807, 2.05) is 45.0 Å². The number of carbonyl (C=O) groups is 2. The summed E-state index contributed by atoms with van der Waals surface area (Å²) in [5.41, 5.74) is 9.77. The van der Waals surface area contributed by atoms with E-state index >= 15 is 0 Å². The molecule has 0 aliphatic heterocycles. The highest BCUT2D eigenvalue weighted by molar-refractivity contribution is 5.96. The van der Waals surface area contributed by atoms with E-state index in [1.54, 1.807) is 28.9 Å². The second-order valence-corrected chi connectivity index (χ2v) is 6.49. The number of ether oxygens (including phenoxy) is 1. The summed E-state index contributed by atoms with van der Waals surface area (Å²) in [5, 5.41) is 7.35. The number of nitrogens with one attached hydrogen (secondary N) is 1. The van der Waals surface area contributed by atoms with Gasteiger partial charge in [-0.05, 0) is 45.0 Å². The molecule has 3 aromatic rings. The van der Waals surface area contributed by atoms with E-state index in [0.29, 0.717) is 11.4 Å². The first-order chi connectivity index (χ1) is 13.4. The molecule has 28 heavy (non-hydrogen) atoms. The topological polar surface area (TPSA) is 99.2 Å². The van der Waals surface area contributed by atoms with Crippen molar-refractivity contribution in [3.8, 4) is 11.4 Å². The second kappa shape index (κ2) is 7.96. The van der Waals surface area contributed by atoms with Crippen molar-refractivity contribution in [2.45, 2.75) is 20.8 Å². The molecule has 2 aromatic carbocycles. The summed E-state index contributed by atoms with van der Waals surface area (Å²) >= 11 is 0. The molecule has 2 amide bonds. The Kier molecular flexibility index (Phi) is 5.44. The number of para-hydroxylation sites is 1. The molecule has 0 aliphatic carbocycles. The number of benzene rings is 2. The fourth-order valence-electron chi connectivity index (χ4n) is 2.88. The molecule has 0 radical (unpaired) electrons. The Labute approximate surface area is 163 Å². The first-order valence-electron chi connectivity index (χ1n) is 8.81. The van der Waals surface area contributed by atoms with Gasteiger partial charge in [0.1, 0.15) is 5.75 Å². The largest absolute Gasteiger partial charge is 0.483 e. The van der Waals surface area contributed by atoms with Gasteiger partial charge in [-0.2, -0.15) is 5.10 Å². The SMILES string of the molecule is Cc1ccc(-n2nc(C)c(NC(=O)COc3ccccc3C(N)=O)c2C)cc1. The second-order valence-electron chi connectivity index (χ2n) is 6.49. The van der Waals surface area contributed by atoms with Gasteiger partial charge in [0.05, 0.1) is 28.3 Å². The predicted molar refractivity (Wildman–Crippen MR) is 107 cm³/mol. The number of carbonyl (C=O) groups excluding carboxylic acids is 2. The molecule has 0 fully saturated rings. The average Bonchev–Trinajstić information content (AvgIpc) is 2.95. The number of amides is 2. The van der Waals surface area contributed by atoms with Crippen molar-refractivity contribution in [1.82, 2.24) is 9.78 Å². The minimum Gasteiger partial charge on any atom is -0.483 e. The van der Waals surface area contributed by atoms with Crippen LogP contribution in [0.25, 0.3) is 5.69 Å². The minimum absolute atomic E-state index is 0.231. The Morgan fingerprint density at radius 3 is 2.43 bits per heavy atom. The lowest BCUT2D eigenvalue weighted by Gasteiger charge is -2.10. The van der Waals surface area contributed by atoms with Gasteiger partial charge in [-0.3, -0.25) is 9.59 Å². The number of aromatic nitrogens is 2. The van der Waals surface area contributed by atoms with Gasteiger partial charge in [0, 0.05) is 0 Å². The minimum atomic E-state index is -0.609. The number of nitrogens with two attached hydrogens (primary N) is 1. The maximum Gasteiger partial charge on any atom is 0.262 e. The molecule has 0 saturated heterocycles. The van der Waals surface area contributed by atoms with Gasteiger partial charge in [0.2, 0.25) is 0 Å². The van der Waals surface area contributed by atoms with Crippen molar-refractivity contribution in [3.05, 3.63) is 71.0 Å². The number of anilines is 1. The molecule has 7 heteroatoms. The molecule has 0 atom stereocenters. The van der Waals surface area contributed by atoms with Crippen LogP contribution < -0.4 is 15.8 Å². The highest BCUT2D eigenvalue weighted by Crippen LogP contribution is 2.23. The number of hydrogen-bond donors (Lipinski definition) is 2. The van der Waals surface area contributed by atoms with Crippen LogP contribution in [0, 0.1) is 20.8 Å². The van der Waals surface area contributed by atoms with Gasteiger partial charge in [-0.1, -0.05) is 29.8 Å². The van der Waals surface area contributed by atoms with Crippen molar-refractivity contribution in [2.75, 3.05) is 11.9 Å².